The summed E-state index contributed by atoms with van der Waals surface area (Å²) >= 11 is 0. The minimum atomic E-state index is -0.339. The van der Waals surface area contributed by atoms with Crippen LogP contribution >= 0.6 is 0 Å². The molecule has 1 aromatic heterocycles. The number of halogens is 1. The third-order valence-electron chi connectivity index (χ3n) is 3.26. The van der Waals surface area contributed by atoms with Crippen molar-refractivity contribution in [3.05, 3.63) is 59.7 Å². The first-order valence-electron chi connectivity index (χ1n) is 6.38. The number of fused-ring (bicyclic) bond motifs is 1. The fourth-order valence-electron chi connectivity index (χ4n) is 2.15. The highest BCUT2D eigenvalue weighted by molar-refractivity contribution is 5.91. The Morgan fingerprint density at radius 3 is 2.75 bits per heavy atom. The minimum Gasteiger partial charge on any atom is -0.339 e. The molecule has 0 spiro atoms. The van der Waals surface area contributed by atoms with Crippen LogP contribution in [0.1, 0.15) is 11.1 Å². The number of nitrogens with one attached hydrogen (secondary N) is 1. The number of aryl methyl sites for hydroxylation is 2. The smallest absolute Gasteiger partial charge is 0.149 e. The van der Waals surface area contributed by atoms with Gasteiger partial charge in [0.15, 0.2) is 0 Å². The largest absolute Gasteiger partial charge is 0.339 e. The van der Waals surface area contributed by atoms with Crippen LogP contribution in [0.3, 0.4) is 0 Å². The number of anilines is 2. The van der Waals surface area contributed by atoms with Crippen LogP contribution in [0.5, 0.6) is 0 Å². The van der Waals surface area contributed by atoms with Gasteiger partial charge in [0.25, 0.3) is 0 Å². The van der Waals surface area contributed by atoms with Gasteiger partial charge >= 0.3 is 0 Å². The molecule has 0 aliphatic heterocycles. The molecule has 0 atom stereocenters. The molecule has 0 radical (unpaired) electrons. The molecule has 0 bridgehead atoms. The summed E-state index contributed by atoms with van der Waals surface area (Å²) in [7, 11) is 0. The van der Waals surface area contributed by atoms with Gasteiger partial charge in [0.1, 0.15) is 23.5 Å². The summed E-state index contributed by atoms with van der Waals surface area (Å²) in [5.41, 5.74) is 3.56. The maximum atomic E-state index is 13.7. The summed E-state index contributed by atoms with van der Waals surface area (Å²) in [5.74, 6) is 0.275. The summed E-state index contributed by atoms with van der Waals surface area (Å²) in [4.78, 5) is 8.22. The zero-order valence-corrected chi connectivity index (χ0v) is 11.3. The van der Waals surface area contributed by atoms with Gasteiger partial charge in [0, 0.05) is 11.1 Å². The molecular weight excluding hydrogens is 253 g/mol. The Kier molecular flexibility index (Phi) is 3.06. The van der Waals surface area contributed by atoms with Crippen LogP contribution in [-0.4, -0.2) is 9.97 Å². The summed E-state index contributed by atoms with van der Waals surface area (Å²) in [6, 6.07) is 11.0. The average molecular weight is 267 g/mol. The molecule has 1 N–H and O–H groups in total. The van der Waals surface area contributed by atoms with Gasteiger partial charge in [-0.25, -0.2) is 14.4 Å². The zero-order chi connectivity index (χ0) is 14.1. The zero-order valence-electron chi connectivity index (χ0n) is 11.3. The molecule has 100 valence electrons. The van der Waals surface area contributed by atoms with Crippen molar-refractivity contribution in [3.63, 3.8) is 0 Å². The van der Waals surface area contributed by atoms with Crippen molar-refractivity contribution < 1.29 is 4.39 Å². The fraction of sp³-hybridized carbons (Fsp3) is 0.125. The number of hydrogen-bond donors (Lipinski definition) is 1. The van der Waals surface area contributed by atoms with Crippen molar-refractivity contribution in [3.8, 4) is 0 Å². The van der Waals surface area contributed by atoms with Crippen LogP contribution in [-0.2, 0) is 0 Å². The van der Waals surface area contributed by atoms with Gasteiger partial charge in [0.2, 0.25) is 0 Å². The monoisotopic (exact) mass is 267 g/mol. The molecular formula is C16H14FN3. The molecule has 1 heterocycles. The number of hydrogen-bond acceptors (Lipinski definition) is 3. The van der Waals surface area contributed by atoms with Gasteiger partial charge < -0.3 is 5.32 Å². The fourth-order valence-corrected chi connectivity index (χ4v) is 2.15. The van der Waals surface area contributed by atoms with Crippen LogP contribution in [0.15, 0.2) is 42.7 Å². The molecule has 4 heteroatoms. The summed E-state index contributed by atoms with van der Waals surface area (Å²) in [6.45, 7) is 4.05. The van der Waals surface area contributed by atoms with Crippen molar-refractivity contribution >= 4 is 22.4 Å². The predicted molar refractivity (Wildman–Crippen MR) is 78.7 cm³/mol. The SMILES string of the molecule is Cc1ccc(C)c(Nc2ncnc3c(F)cccc23)c1. The molecule has 0 unspecified atom stereocenters. The van der Waals surface area contributed by atoms with Crippen LogP contribution < -0.4 is 5.32 Å². The Balaban J connectivity index is 2.11. The van der Waals surface area contributed by atoms with Gasteiger partial charge in [-0.3, -0.25) is 0 Å². The maximum absolute atomic E-state index is 13.7. The van der Waals surface area contributed by atoms with E-state index in [2.05, 4.69) is 21.4 Å². The first kappa shape index (κ1) is 12.5. The van der Waals surface area contributed by atoms with Crippen molar-refractivity contribution in [2.24, 2.45) is 0 Å². The van der Waals surface area contributed by atoms with Gasteiger partial charge in [-0.1, -0.05) is 18.2 Å². The Morgan fingerprint density at radius 1 is 1.05 bits per heavy atom. The first-order valence-corrected chi connectivity index (χ1v) is 6.38. The summed E-state index contributed by atoms with van der Waals surface area (Å²) < 4.78 is 13.7. The van der Waals surface area contributed by atoms with E-state index in [1.54, 1.807) is 6.07 Å². The quantitative estimate of drug-likeness (QED) is 0.758. The minimum absolute atomic E-state index is 0.329. The van der Waals surface area contributed by atoms with Crippen LogP contribution in [0.4, 0.5) is 15.9 Å². The first-order chi connectivity index (χ1) is 9.65. The standard InChI is InChI=1S/C16H14FN3/c1-10-6-7-11(2)14(8-10)20-16-12-4-3-5-13(17)15(12)18-9-19-16/h3-9H,1-2H3,(H,18,19,20). The Bertz CT molecular complexity index is 784. The second-order valence-corrected chi connectivity index (χ2v) is 4.80. The van der Waals surface area contributed by atoms with Crippen molar-refractivity contribution in [1.29, 1.82) is 0 Å². The Labute approximate surface area is 116 Å². The van der Waals surface area contributed by atoms with Crippen LogP contribution in [0.25, 0.3) is 10.9 Å². The molecule has 3 rings (SSSR count). The lowest BCUT2D eigenvalue weighted by atomic mass is 10.1. The Hall–Kier alpha value is -2.49. The highest BCUT2D eigenvalue weighted by Gasteiger charge is 2.08. The van der Waals surface area contributed by atoms with E-state index in [1.165, 1.54) is 12.4 Å². The topological polar surface area (TPSA) is 37.8 Å². The number of aromatic nitrogens is 2. The molecule has 0 saturated carbocycles. The normalized spacial score (nSPS) is 10.8. The van der Waals surface area contributed by atoms with E-state index in [0.717, 1.165) is 16.8 Å². The highest BCUT2D eigenvalue weighted by Crippen LogP contribution is 2.26. The van der Waals surface area contributed by atoms with Crippen LogP contribution in [0.2, 0.25) is 0 Å². The van der Waals surface area contributed by atoms with Gasteiger partial charge in [-0.2, -0.15) is 0 Å². The lowest BCUT2D eigenvalue weighted by molar-refractivity contribution is 0.636. The maximum Gasteiger partial charge on any atom is 0.149 e. The average Bonchev–Trinajstić information content (AvgIpc) is 2.44. The molecule has 0 aliphatic rings. The van der Waals surface area contributed by atoms with E-state index in [1.807, 2.05) is 32.0 Å². The second-order valence-electron chi connectivity index (χ2n) is 4.80. The van der Waals surface area contributed by atoms with Gasteiger partial charge in [-0.05, 0) is 43.2 Å². The number of para-hydroxylation sites is 1. The molecule has 3 nitrogen and oxygen atoms in total. The van der Waals surface area contributed by atoms with E-state index in [4.69, 9.17) is 0 Å². The molecule has 0 amide bonds. The molecule has 0 fully saturated rings. The number of nitrogens with zero attached hydrogens (tertiary/aromatic N) is 2. The van der Waals surface area contributed by atoms with Crippen molar-refractivity contribution in [1.82, 2.24) is 9.97 Å². The molecule has 3 aromatic rings. The summed E-state index contributed by atoms with van der Waals surface area (Å²) in [6.07, 6.45) is 1.37. The molecule has 2 aromatic carbocycles. The van der Waals surface area contributed by atoms with E-state index in [-0.39, 0.29) is 5.82 Å². The van der Waals surface area contributed by atoms with E-state index < -0.39 is 0 Å². The summed E-state index contributed by atoms with van der Waals surface area (Å²) in [5, 5.41) is 3.94. The third kappa shape index (κ3) is 2.20. The van der Waals surface area contributed by atoms with E-state index in [0.29, 0.717) is 16.7 Å². The second kappa shape index (κ2) is 4.89. The number of benzene rings is 2. The molecule has 20 heavy (non-hydrogen) atoms. The van der Waals surface area contributed by atoms with Crippen molar-refractivity contribution in [2.45, 2.75) is 13.8 Å². The van der Waals surface area contributed by atoms with Gasteiger partial charge in [0.05, 0.1) is 0 Å². The van der Waals surface area contributed by atoms with Crippen molar-refractivity contribution in [2.75, 3.05) is 5.32 Å². The van der Waals surface area contributed by atoms with E-state index >= 15 is 0 Å². The Morgan fingerprint density at radius 2 is 1.90 bits per heavy atom. The lowest BCUT2D eigenvalue weighted by Gasteiger charge is -2.11. The highest BCUT2D eigenvalue weighted by atomic mass is 19.1. The van der Waals surface area contributed by atoms with E-state index in [9.17, 15) is 4.39 Å². The lowest BCUT2D eigenvalue weighted by Crippen LogP contribution is -1.99. The van der Waals surface area contributed by atoms with Gasteiger partial charge in [-0.15, -0.1) is 0 Å². The predicted octanol–water partition coefficient (Wildman–Crippen LogP) is 4.13. The molecule has 0 aliphatic carbocycles. The third-order valence-corrected chi connectivity index (χ3v) is 3.26. The number of rotatable bonds is 2. The molecule has 0 saturated heterocycles. The van der Waals surface area contributed by atoms with Crippen LogP contribution in [0, 0.1) is 19.7 Å².